The zero-order chi connectivity index (χ0) is 26.3. The molecule has 1 atom stereocenters. The second-order valence-electron chi connectivity index (χ2n) is 10.7. The Bertz CT molecular complexity index is 1130. The van der Waals surface area contributed by atoms with Crippen molar-refractivity contribution < 1.29 is 27.9 Å². The second-order valence-corrected chi connectivity index (χ2v) is 11.4. The molecule has 37 heavy (non-hydrogen) atoms. The Morgan fingerprint density at radius 1 is 1.14 bits per heavy atom. The molecule has 5 rings (SSSR count). The molecule has 200 valence electrons. The number of thiazole rings is 1. The van der Waals surface area contributed by atoms with E-state index >= 15 is 0 Å². The number of hydrogen-bond acceptors (Lipinski definition) is 6. The predicted octanol–water partition coefficient (Wildman–Crippen LogP) is 3.65. The number of halogens is 3. The van der Waals surface area contributed by atoms with Crippen molar-refractivity contribution in [2.75, 3.05) is 32.7 Å². The first kappa shape index (κ1) is 26.1. The molecule has 1 spiro atoms. The molecule has 3 aliphatic rings. The quantitative estimate of drug-likeness (QED) is 0.610. The van der Waals surface area contributed by atoms with Gasteiger partial charge in [-0.05, 0) is 63.3 Å². The average Bonchev–Trinajstić information content (AvgIpc) is 3.65. The SMILES string of the molecule is O=C(NCC(=O)N1CC[C@]2(CCN(C3CCC(O)(c4cscn4)CC3)C2)C1)c1cccc(C(F)(F)F)c1. The summed E-state index contributed by atoms with van der Waals surface area (Å²) in [4.78, 5) is 33.7. The molecule has 3 heterocycles. The van der Waals surface area contributed by atoms with Gasteiger partial charge >= 0.3 is 6.18 Å². The molecule has 2 saturated heterocycles. The van der Waals surface area contributed by atoms with Crippen LogP contribution in [0.4, 0.5) is 13.2 Å². The summed E-state index contributed by atoms with van der Waals surface area (Å²) >= 11 is 1.50. The number of aliphatic hydroxyl groups is 1. The van der Waals surface area contributed by atoms with Gasteiger partial charge in [0.25, 0.3) is 5.91 Å². The molecule has 0 unspecified atom stereocenters. The van der Waals surface area contributed by atoms with Crippen LogP contribution < -0.4 is 5.32 Å². The van der Waals surface area contributed by atoms with E-state index in [1.807, 2.05) is 5.38 Å². The number of carbonyl (C=O) groups is 2. The Hall–Kier alpha value is -2.50. The highest BCUT2D eigenvalue weighted by Gasteiger charge is 2.47. The maximum atomic E-state index is 12.9. The molecule has 1 aromatic heterocycles. The number of nitrogens with one attached hydrogen (secondary N) is 1. The van der Waals surface area contributed by atoms with Crippen LogP contribution in [0.5, 0.6) is 0 Å². The highest BCUT2D eigenvalue weighted by molar-refractivity contribution is 7.07. The van der Waals surface area contributed by atoms with E-state index in [1.165, 1.54) is 23.5 Å². The highest BCUT2D eigenvalue weighted by Crippen LogP contribution is 2.44. The number of alkyl halides is 3. The van der Waals surface area contributed by atoms with Gasteiger partial charge in [0, 0.05) is 42.0 Å². The minimum atomic E-state index is -4.54. The first-order chi connectivity index (χ1) is 17.6. The number of benzene rings is 1. The summed E-state index contributed by atoms with van der Waals surface area (Å²) in [6, 6.07) is 4.60. The molecular formula is C26H31F3N4O3S. The van der Waals surface area contributed by atoms with E-state index < -0.39 is 23.2 Å². The number of nitrogens with zero attached hydrogens (tertiary/aromatic N) is 3. The van der Waals surface area contributed by atoms with Gasteiger partial charge in [0.05, 0.1) is 23.3 Å². The van der Waals surface area contributed by atoms with Gasteiger partial charge in [0.2, 0.25) is 5.91 Å². The van der Waals surface area contributed by atoms with Crippen molar-refractivity contribution in [3.8, 4) is 0 Å². The van der Waals surface area contributed by atoms with Gasteiger partial charge in [0.15, 0.2) is 0 Å². The number of carbonyl (C=O) groups excluding carboxylic acids is 2. The molecule has 2 aromatic rings. The van der Waals surface area contributed by atoms with Gasteiger partial charge in [-0.3, -0.25) is 14.5 Å². The van der Waals surface area contributed by atoms with Crippen LogP contribution in [0.25, 0.3) is 0 Å². The van der Waals surface area contributed by atoms with Crippen LogP contribution in [0.3, 0.4) is 0 Å². The zero-order valence-corrected chi connectivity index (χ0v) is 21.3. The number of hydrogen-bond donors (Lipinski definition) is 2. The summed E-state index contributed by atoms with van der Waals surface area (Å²) in [6.07, 6.45) is 0.572. The van der Waals surface area contributed by atoms with Crippen molar-refractivity contribution in [3.63, 3.8) is 0 Å². The first-order valence-electron chi connectivity index (χ1n) is 12.7. The zero-order valence-electron chi connectivity index (χ0n) is 20.5. The molecule has 7 nitrogen and oxygen atoms in total. The van der Waals surface area contributed by atoms with Crippen LogP contribution in [0.15, 0.2) is 35.2 Å². The second kappa shape index (κ2) is 9.99. The Morgan fingerprint density at radius 3 is 2.59 bits per heavy atom. The lowest BCUT2D eigenvalue weighted by molar-refractivity contribution is -0.137. The van der Waals surface area contributed by atoms with Crippen LogP contribution in [0.1, 0.15) is 60.1 Å². The van der Waals surface area contributed by atoms with Crippen LogP contribution >= 0.6 is 11.3 Å². The van der Waals surface area contributed by atoms with E-state index in [1.54, 1.807) is 10.4 Å². The highest BCUT2D eigenvalue weighted by atomic mass is 32.1. The maximum Gasteiger partial charge on any atom is 0.416 e. The first-order valence-corrected chi connectivity index (χ1v) is 13.6. The lowest BCUT2D eigenvalue weighted by Crippen LogP contribution is -2.43. The normalized spacial score (nSPS) is 28.6. The summed E-state index contributed by atoms with van der Waals surface area (Å²) in [6.45, 7) is 2.87. The molecule has 1 saturated carbocycles. The Morgan fingerprint density at radius 2 is 1.89 bits per heavy atom. The summed E-state index contributed by atoms with van der Waals surface area (Å²) in [5.74, 6) is -0.919. The number of rotatable bonds is 5. The molecule has 2 aliphatic heterocycles. The molecule has 0 radical (unpaired) electrons. The predicted molar refractivity (Wildman–Crippen MR) is 132 cm³/mol. The maximum absolute atomic E-state index is 12.9. The van der Waals surface area contributed by atoms with E-state index in [2.05, 4.69) is 15.2 Å². The van der Waals surface area contributed by atoms with Gasteiger partial charge in [-0.25, -0.2) is 4.98 Å². The third-order valence-electron chi connectivity index (χ3n) is 8.32. The Balaban J connectivity index is 1.10. The molecule has 11 heteroatoms. The Kier molecular flexibility index (Phi) is 7.06. The minimum absolute atomic E-state index is 0.0311. The van der Waals surface area contributed by atoms with Crippen molar-refractivity contribution in [1.82, 2.24) is 20.1 Å². The van der Waals surface area contributed by atoms with Crippen LogP contribution in [-0.4, -0.2) is 70.5 Å². The molecule has 3 fully saturated rings. The van der Waals surface area contributed by atoms with Crippen molar-refractivity contribution in [3.05, 3.63) is 52.0 Å². The summed E-state index contributed by atoms with van der Waals surface area (Å²) < 4.78 is 38.8. The van der Waals surface area contributed by atoms with Gasteiger partial charge in [0.1, 0.15) is 5.60 Å². The third-order valence-corrected chi connectivity index (χ3v) is 8.91. The van der Waals surface area contributed by atoms with Crippen molar-refractivity contribution in [2.24, 2.45) is 5.41 Å². The third kappa shape index (κ3) is 5.53. The van der Waals surface area contributed by atoms with Gasteiger partial charge in [-0.2, -0.15) is 13.2 Å². The lowest BCUT2D eigenvalue weighted by atomic mass is 9.80. The summed E-state index contributed by atoms with van der Waals surface area (Å²) in [5, 5.41) is 15.4. The fraction of sp³-hybridized carbons (Fsp3) is 0.577. The number of aromatic nitrogens is 1. The van der Waals surface area contributed by atoms with Crippen LogP contribution in [-0.2, 0) is 16.6 Å². The fourth-order valence-corrected chi connectivity index (χ4v) is 6.76. The van der Waals surface area contributed by atoms with Crippen LogP contribution in [0, 0.1) is 5.41 Å². The molecular weight excluding hydrogens is 505 g/mol. The van der Waals surface area contributed by atoms with Crippen molar-refractivity contribution in [2.45, 2.75) is 56.3 Å². The van der Waals surface area contributed by atoms with Gasteiger partial charge in [-0.1, -0.05) is 6.07 Å². The topological polar surface area (TPSA) is 85.8 Å². The number of likely N-dealkylation sites (tertiary alicyclic amines) is 2. The van der Waals surface area contributed by atoms with Crippen molar-refractivity contribution in [1.29, 1.82) is 0 Å². The Labute approximate surface area is 217 Å². The molecule has 1 aromatic carbocycles. The van der Waals surface area contributed by atoms with E-state index in [9.17, 15) is 27.9 Å². The van der Waals surface area contributed by atoms with Crippen molar-refractivity contribution >= 4 is 23.2 Å². The summed E-state index contributed by atoms with van der Waals surface area (Å²) in [5.41, 5.74) is 0.712. The summed E-state index contributed by atoms with van der Waals surface area (Å²) in [7, 11) is 0. The molecule has 2 N–H and O–H groups in total. The molecule has 0 bridgehead atoms. The monoisotopic (exact) mass is 536 g/mol. The number of amides is 2. The lowest BCUT2D eigenvalue weighted by Gasteiger charge is -2.39. The minimum Gasteiger partial charge on any atom is -0.384 e. The fourth-order valence-electron chi connectivity index (χ4n) is 6.11. The van der Waals surface area contributed by atoms with Gasteiger partial charge < -0.3 is 15.3 Å². The molecule has 2 amide bonds. The largest absolute Gasteiger partial charge is 0.416 e. The van der Waals surface area contributed by atoms with E-state index in [-0.39, 0.29) is 23.4 Å². The van der Waals surface area contributed by atoms with E-state index in [0.717, 1.165) is 56.6 Å². The molecule has 1 aliphatic carbocycles. The van der Waals surface area contributed by atoms with E-state index in [4.69, 9.17) is 0 Å². The van der Waals surface area contributed by atoms with Crippen LogP contribution in [0.2, 0.25) is 0 Å². The van der Waals surface area contributed by atoms with E-state index in [0.29, 0.717) is 32.0 Å². The standard InChI is InChI=1S/C26H31F3N4O3S/c27-26(28,29)19-3-1-2-18(12-19)23(35)30-13-22(34)33-11-9-24(16-33)8-10-32(15-24)20-4-6-25(36,7-5-20)21-14-37-17-31-21/h1-3,12,14,17,20,36H,4-11,13,15-16H2,(H,30,35)/t20?,24-,25?/m0/s1. The average molecular weight is 537 g/mol. The van der Waals surface area contributed by atoms with Gasteiger partial charge in [-0.15, -0.1) is 11.3 Å². The smallest absolute Gasteiger partial charge is 0.384 e.